The summed E-state index contributed by atoms with van der Waals surface area (Å²) < 4.78 is 16.6. The van der Waals surface area contributed by atoms with Gasteiger partial charge in [-0.05, 0) is 24.3 Å². The second-order valence-corrected chi connectivity index (χ2v) is 5.87. The van der Waals surface area contributed by atoms with Crippen LogP contribution in [0.2, 0.25) is 5.02 Å². The van der Waals surface area contributed by atoms with Crippen molar-refractivity contribution in [3.8, 4) is 17.2 Å². The average Bonchev–Trinajstić information content (AvgIpc) is 2.85. The lowest BCUT2D eigenvalue weighted by atomic mass is 10.2. The maximum absolute atomic E-state index is 6.21. The number of nitrogens with one attached hydrogen (secondary N) is 1. The molecule has 3 N–H and O–H groups in total. The highest BCUT2D eigenvalue weighted by molar-refractivity contribution is 6.31. The molecule has 132 valence electrons. The molecule has 1 aliphatic rings. The van der Waals surface area contributed by atoms with Gasteiger partial charge in [-0.25, -0.2) is 4.99 Å². The molecule has 1 heterocycles. The maximum Gasteiger partial charge on any atom is 0.193 e. The number of benzene rings is 2. The molecule has 0 radical (unpaired) electrons. The predicted octanol–water partition coefficient (Wildman–Crippen LogP) is 3.44. The standard InChI is InChI=1S/C18H20ClN3O3/c1-23-15-5-2-4-14(19)13(15)11-21-18(20)22-12-6-7-16-17(10-12)25-9-3-8-24-16/h2,4-7,10H,3,8-9,11H2,1H3,(H3,20,21,22). The highest BCUT2D eigenvalue weighted by Gasteiger charge is 2.11. The highest BCUT2D eigenvalue weighted by Crippen LogP contribution is 2.32. The van der Waals surface area contributed by atoms with E-state index in [1.165, 1.54) is 0 Å². The molecule has 3 rings (SSSR count). The number of hydrogen-bond acceptors (Lipinski definition) is 4. The number of nitrogens with zero attached hydrogens (tertiary/aromatic N) is 1. The predicted molar refractivity (Wildman–Crippen MR) is 99.0 cm³/mol. The van der Waals surface area contributed by atoms with Crippen molar-refractivity contribution < 1.29 is 14.2 Å². The summed E-state index contributed by atoms with van der Waals surface area (Å²) in [5.41, 5.74) is 7.55. The molecule has 0 atom stereocenters. The van der Waals surface area contributed by atoms with E-state index in [9.17, 15) is 0 Å². The van der Waals surface area contributed by atoms with Crippen molar-refractivity contribution in [1.29, 1.82) is 0 Å². The van der Waals surface area contributed by atoms with E-state index < -0.39 is 0 Å². The number of nitrogens with two attached hydrogens (primary N) is 1. The quantitative estimate of drug-likeness (QED) is 0.644. The third kappa shape index (κ3) is 4.28. The number of halogens is 1. The fourth-order valence-electron chi connectivity index (χ4n) is 2.48. The topological polar surface area (TPSA) is 78.1 Å². The first-order valence-corrected chi connectivity index (χ1v) is 8.33. The smallest absolute Gasteiger partial charge is 0.193 e. The molecule has 0 aromatic heterocycles. The number of guanidine groups is 1. The molecule has 0 saturated heterocycles. The Labute approximate surface area is 151 Å². The lowest BCUT2D eigenvalue weighted by Crippen LogP contribution is -2.22. The number of methoxy groups -OCH3 is 1. The third-order valence-electron chi connectivity index (χ3n) is 3.72. The molecule has 1 aliphatic heterocycles. The molecular weight excluding hydrogens is 342 g/mol. The van der Waals surface area contributed by atoms with Gasteiger partial charge in [-0.2, -0.15) is 0 Å². The van der Waals surface area contributed by atoms with Crippen LogP contribution in [-0.4, -0.2) is 26.3 Å². The molecule has 0 unspecified atom stereocenters. The van der Waals surface area contributed by atoms with E-state index in [-0.39, 0.29) is 5.96 Å². The van der Waals surface area contributed by atoms with Gasteiger partial charge in [0.05, 0.1) is 26.9 Å². The molecule has 2 aromatic carbocycles. The van der Waals surface area contributed by atoms with Crippen molar-refractivity contribution >= 4 is 23.2 Å². The molecule has 2 aromatic rings. The number of anilines is 1. The van der Waals surface area contributed by atoms with E-state index in [4.69, 9.17) is 31.5 Å². The summed E-state index contributed by atoms with van der Waals surface area (Å²) in [6.45, 7) is 1.60. The largest absolute Gasteiger partial charge is 0.496 e. The summed E-state index contributed by atoms with van der Waals surface area (Å²) in [5, 5.41) is 3.64. The second kappa shape index (κ2) is 7.98. The van der Waals surface area contributed by atoms with E-state index in [2.05, 4.69) is 10.3 Å². The summed E-state index contributed by atoms with van der Waals surface area (Å²) in [4.78, 5) is 4.34. The first-order valence-electron chi connectivity index (χ1n) is 7.95. The van der Waals surface area contributed by atoms with Gasteiger partial charge in [0.2, 0.25) is 0 Å². The summed E-state index contributed by atoms with van der Waals surface area (Å²) in [6.07, 6.45) is 0.862. The Balaban J connectivity index is 1.71. The van der Waals surface area contributed by atoms with Gasteiger partial charge in [-0.15, -0.1) is 0 Å². The number of rotatable bonds is 4. The lowest BCUT2D eigenvalue weighted by molar-refractivity contribution is 0.297. The van der Waals surface area contributed by atoms with Crippen molar-refractivity contribution in [2.24, 2.45) is 10.7 Å². The number of fused-ring (bicyclic) bond motifs is 1. The van der Waals surface area contributed by atoms with Crippen molar-refractivity contribution in [2.75, 3.05) is 25.6 Å². The lowest BCUT2D eigenvalue weighted by Gasteiger charge is -2.11. The van der Waals surface area contributed by atoms with E-state index in [0.29, 0.717) is 36.3 Å². The van der Waals surface area contributed by atoms with Crippen LogP contribution in [0.25, 0.3) is 0 Å². The Hall–Kier alpha value is -2.60. The fourth-order valence-corrected chi connectivity index (χ4v) is 2.70. The molecule has 0 amide bonds. The van der Waals surface area contributed by atoms with E-state index in [1.54, 1.807) is 13.2 Å². The summed E-state index contributed by atoms with van der Waals surface area (Å²) in [7, 11) is 1.60. The Morgan fingerprint density at radius 2 is 2.04 bits per heavy atom. The van der Waals surface area contributed by atoms with Gasteiger partial charge in [0.15, 0.2) is 17.5 Å². The van der Waals surface area contributed by atoms with Crippen molar-refractivity contribution in [2.45, 2.75) is 13.0 Å². The molecule has 0 fully saturated rings. The SMILES string of the molecule is COc1cccc(Cl)c1CN=C(N)Nc1ccc2c(c1)OCCCO2. The van der Waals surface area contributed by atoms with Crippen LogP contribution in [0.5, 0.6) is 17.2 Å². The minimum Gasteiger partial charge on any atom is -0.496 e. The van der Waals surface area contributed by atoms with Gasteiger partial charge in [0.1, 0.15) is 5.75 Å². The monoisotopic (exact) mass is 361 g/mol. The molecular formula is C18H20ClN3O3. The Bertz CT molecular complexity index is 780. The summed E-state index contributed by atoms with van der Waals surface area (Å²) in [6, 6.07) is 11.0. The number of aliphatic imine (C=N–C) groups is 1. The van der Waals surface area contributed by atoms with Crippen LogP contribution in [0, 0.1) is 0 Å². The molecule has 0 saturated carbocycles. The average molecular weight is 362 g/mol. The minimum absolute atomic E-state index is 0.275. The van der Waals surface area contributed by atoms with Gasteiger partial charge in [-0.3, -0.25) is 0 Å². The van der Waals surface area contributed by atoms with E-state index in [1.807, 2.05) is 30.3 Å². The normalized spacial score (nSPS) is 13.9. The maximum atomic E-state index is 6.21. The fraction of sp³-hybridized carbons (Fsp3) is 0.278. The number of ether oxygens (including phenoxy) is 3. The van der Waals surface area contributed by atoms with Gasteiger partial charge >= 0.3 is 0 Å². The van der Waals surface area contributed by atoms with Crippen LogP contribution in [0.4, 0.5) is 5.69 Å². The van der Waals surface area contributed by atoms with Crippen LogP contribution < -0.4 is 25.3 Å². The van der Waals surface area contributed by atoms with Gasteiger partial charge in [-0.1, -0.05) is 17.7 Å². The van der Waals surface area contributed by atoms with Crippen molar-refractivity contribution in [3.05, 3.63) is 47.0 Å². The van der Waals surface area contributed by atoms with Crippen LogP contribution >= 0.6 is 11.6 Å². The zero-order valence-corrected chi connectivity index (χ0v) is 14.7. The number of hydrogen-bond donors (Lipinski definition) is 2. The molecule has 7 heteroatoms. The summed E-state index contributed by atoms with van der Waals surface area (Å²) in [5.74, 6) is 2.39. The Kier molecular flexibility index (Phi) is 5.50. The first-order chi connectivity index (χ1) is 12.2. The second-order valence-electron chi connectivity index (χ2n) is 5.46. The Morgan fingerprint density at radius 1 is 1.24 bits per heavy atom. The van der Waals surface area contributed by atoms with Crippen LogP contribution in [-0.2, 0) is 6.54 Å². The van der Waals surface area contributed by atoms with Crippen LogP contribution in [0.3, 0.4) is 0 Å². The van der Waals surface area contributed by atoms with Gasteiger partial charge < -0.3 is 25.3 Å². The van der Waals surface area contributed by atoms with Gasteiger partial charge in [0, 0.05) is 28.8 Å². The molecule has 6 nitrogen and oxygen atoms in total. The zero-order chi connectivity index (χ0) is 17.6. The van der Waals surface area contributed by atoms with Crippen molar-refractivity contribution in [1.82, 2.24) is 0 Å². The zero-order valence-electron chi connectivity index (χ0n) is 13.9. The molecule has 25 heavy (non-hydrogen) atoms. The van der Waals surface area contributed by atoms with Crippen molar-refractivity contribution in [3.63, 3.8) is 0 Å². The van der Waals surface area contributed by atoms with E-state index >= 15 is 0 Å². The van der Waals surface area contributed by atoms with Gasteiger partial charge in [0.25, 0.3) is 0 Å². The molecule has 0 spiro atoms. The van der Waals surface area contributed by atoms with Crippen LogP contribution in [0.15, 0.2) is 41.4 Å². The van der Waals surface area contributed by atoms with E-state index in [0.717, 1.165) is 23.4 Å². The first kappa shape index (κ1) is 17.2. The molecule has 0 bridgehead atoms. The molecule has 0 aliphatic carbocycles. The highest BCUT2D eigenvalue weighted by atomic mass is 35.5. The summed E-state index contributed by atoms with van der Waals surface area (Å²) >= 11 is 6.21. The Morgan fingerprint density at radius 3 is 2.84 bits per heavy atom. The minimum atomic E-state index is 0.275. The van der Waals surface area contributed by atoms with Crippen LogP contribution in [0.1, 0.15) is 12.0 Å². The third-order valence-corrected chi connectivity index (χ3v) is 4.08.